The molecule has 0 aromatic heterocycles. The summed E-state index contributed by atoms with van der Waals surface area (Å²) in [5.41, 5.74) is 2.10. The van der Waals surface area contributed by atoms with Crippen molar-refractivity contribution in [2.45, 2.75) is 65.5 Å². The molecule has 0 aliphatic heterocycles. The number of hydrogen-bond acceptors (Lipinski definition) is 4. The first-order chi connectivity index (χ1) is 17.5. The largest absolute Gasteiger partial charge is 0.354 e. The maximum atomic E-state index is 13.5. The normalized spacial score (nSPS) is 12.2. The molecule has 0 radical (unpaired) electrons. The number of rotatable bonds is 14. The quantitative estimate of drug-likeness (QED) is 0.301. The molecule has 0 fully saturated rings. The van der Waals surface area contributed by atoms with E-state index in [-0.39, 0.29) is 37.7 Å². The van der Waals surface area contributed by atoms with E-state index in [0.29, 0.717) is 28.7 Å². The van der Waals surface area contributed by atoms with Gasteiger partial charge in [-0.2, -0.15) is 0 Å². The highest BCUT2D eigenvalue weighted by molar-refractivity contribution is 7.92. The molecule has 7 nitrogen and oxygen atoms in total. The number of unbranched alkanes of at least 4 members (excludes halogenated alkanes) is 1. The smallest absolute Gasteiger partial charge is 0.242 e. The minimum absolute atomic E-state index is 0.0813. The molecular weight excluding hydrogens is 533 g/mol. The maximum absolute atomic E-state index is 13.5. The molecule has 10 heteroatoms. The van der Waals surface area contributed by atoms with E-state index in [9.17, 15) is 18.0 Å². The molecule has 2 aromatic carbocycles. The van der Waals surface area contributed by atoms with Gasteiger partial charge in [0.15, 0.2) is 0 Å². The van der Waals surface area contributed by atoms with Crippen LogP contribution in [-0.2, 0) is 26.2 Å². The van der Waals surface area contributed by atoms with E-state index >= 15 is 0 Å². The van der Waals surface area contributed by atoms with Crippen molar-refractivity contribution in [1.29, 1.82) is 0 Å². The van der Waals surface area contributed by atoms with Gasteiger partial charge in [0.05, 0.1) is 11.9 Å². The van der Waals surface area contributed by atoms with Crippen LogP contribution in [-0.4, -0.2) is 50.5 Å². The Bertz CT molecular complexity index is 1160. The molecule has 37 heavy (non-hydrogen) atoms. The van der Waals surface area contributed by atoms with Gasteiger partial charge in [-0.05, 0) is 61.6 Å². The SMILES string of the molecule is CCCCNC(=O)[C@H](CC)N(Cc1ccc(Cl)cc1)C(=O)CCCN(c1cc(Cl)ccc1C)S(C)(=O)=O. The number of aryl methyl sites for hydroxylation is 1. The molecule has 0 aliphatic rings. The number of amides is 2. The summed E-state index contributed by atoms with van der Waals surface area (Å²) in [6.45, 7) is 6.64. The summed E-state index contributed by atoms with van der Waals surface area (Å²) in [6.07, 6.45) is 3.76. The third-order valence-electron chi connectivity index (χ3n) is 6.07. The fraction of sp³-hybridized carbons (Fsp3) is 0.481. The molecule has 0 saturated carbocycles. The first-order valence-corrected chi connectivity index (χ1v) is 15.1. The molecule has 1 N–H and O–H groups in total. The topological polar surface area (TPSA) is 86.8 Å². The second-order valence-electron chi connectivity index (χ2n) is 9.09. The van der Waals surface area contributed by atoms with E-state index in [1.807, 2.05) is 32.9 Å². The molecule has 204 valence electrons. The number of nitrogens with one attached hydrogen (secondary N) is 1. The van der Waals surface area contributed by atoms with Crippen molar-refractivity contribution in [2.24, 2.45) is 0 Å². The van der Waals surface area contributed by atoms with Gasteiger partial charge in [0.25, 0.3) is 0 Å². The molecular formula is C27H37Cl2N3O4S. The second kappa shape index (κ2) is 14.6. The maximum Gasteiger partial charge on any atom is 0.242 e. The molecule has 0 heterocycles. The number of hydrogen-bond donors (Lipinski definition) is 1. The Hall–Kier alpha value is -2.29. The lowest BCUT2D eigenvalue weighted by Gasteiger charge is -2.31. The van der Waals surface area contributed by atoms with E-state index in [0.717, 1.165) is 30.2 Å². The summed E-state index contributed by atoms with van der Waals surface area (Å²) < 4.78 is 26.4. The lowest BCUT2D eigenvalue weighted by Crippen LogP contribution is -2.49. The summed E-state index contributed by atoms with van der Waals surface area (Å²) in [7, 11) is -3.60. The van der Waals surface area contributed by atoms with Crippen LogP contribution in [0.15, 0.2) is 42.5 Å². The Kier molecular flexibility index (Phi) is 12.2. The van der Waals surface area contributed by atoms with Crippen LogP contribution in [0.3, 0.4) is 0 Å². The Labute approximate surface area is 231 Å². The molecule has 0 spiro atoms. The molecule has 0 unspecified atom stereocenters. The number of anilines is 1. The number of carbonyl (C=O) groups excluding carboxylic acids is 2. The van der Waals surface area contributed by atoms with Crippen LogP contribution < -0.4 is 9.62 Å². The summed E-state index contributed by atoms with van der Waals surface area (Å²) in [4.78, 5) is 28.0. The number of halogens is 2. The van der Waals surface area contributed by atoms with Crippen molar-refractivity contribution in [1.82, 2.24) is 10.2 Å². The number of sulfonamides is 1. The first kappa shape index (κ1) is 30.9. The standard InChI is InChI=1S/C27H37Cl2N3O4S/c1-5-7-16-30-27(34)24(6-2)31(19-21-11-14-22(28)15-12-21)26(33)9-8-17-32(37(4,35)36)25-18-23(29)13-10-20(25)3/h10-15,18,24H,5-9,16-17,19H2,1-4H3,(H,30,34)/t24-/m0/s1. The molecule has 2 rings (SSSR count). The van der Waals surface area contributed by atoms with E-state index in [4.69, 9.17) is 23.2 Å². The fourth-order valence-electron chi connectivity index (χ4n) is 4.05. The van der Waals surface area contributed by atoms with Crippen molar-refractivity contribution in [3.05, 3.63) is 63.6 Å². The second-order valence-corrected chi connectivity index (χ2v) is 11.9. The van der Waals surface area contributed by atoms with Gasteiger partial charge in [0.2, 0.25) is 21.8 Å². The summed E-state index contributed by atoms with van der Waals surface area (Å²) >= 11 is 12.1. The van der Waals surface area contributed by atoms with Crippen LogP contribution in [0.2, 0.25) is 10.0 Å². The Morgan fingerprint density at radius 3 is 2.24 bits per heavy atom. The van der Waals surface area contributed by atoms with Gasteiger partial charge < -0.3 is 10.2 Å². The Morgan fingerprint density at radius 2 is 1.65 bits per heavy atom. The van der Waals surface area contributed by atoms with Gasteiger partial charge in [-0.15, -0.1) is 0 Å². The minimum atomic E-state index is -3.60. The van der Waals surface area contributed by atoms with Crippen LogP contribution in [0.4, 0.5) is 5.69 Å². The summed E-state index contributed by atoms with van der Waals surface area (Å²) in [5, 5.41) is 3.95. The van der Waals surface area contributed by atoms with Gasteiger partial charge in [-0.1, -0.05) is 61.7 Å². The van der Waals surface area contributed by atoms with Crippen LogP contribution in [0, 0.1) is 6.92 Å². The molecule has 2 aromatic rings. The van der Waals surface area contributed by atoms with E-state index in [1.165, 1.54) is 4.31 Å². The average molecular weight is 571 g/mol. The highest BCUT2D eigenvalue weighted by Crippen LogP contribution is 2.27. The van der Waals surface area contributed by atoms with Crippen molar-refractivity contribution in [3.8, 4) is 0 Å². The number of carbonyl (C=O) groups is 2. The van der Waals surface area contributed by atoms with Gasteiger partial charge in [0, 0.05) is 36.1 Å². The lowest BCUT2D eigenvalue weighted by atomic mass is 10.1. The zero-order valence-corrected chi connectivity index (χ0v) is 24.3. The van der Waals surface area contributed by atoms with Gasteiger partial charge >= 0.3 is 0 Å². The lowest BCUT2D eigenvalue weighted by molar-refractivity contribution is -0.141. The number of benzene rings is 2. The Balaban J connectivity index is 2.22. The third-order valence-corrected chi connectivity index (χ3v) is 7.74. The monoisotopic (exact) mass is 569 g/mol. The minimum Gasteiger partial charge on any atom is -0.354 e. The van der Waals surface area contributed by atoms with Crippen molar-refractivity contribution >= 4 is 50.7 Å². The van der Waals surface area contributed by atoms with E-state index in [1.54, 1.807) is 35.2 Å². The van der Waals surface area contributed by atoms with Crippen molar-refractivity contribution in [2.75, 3.05) is 23.7 Å². The van der Waals surface area contributed by atoms with Gasteiger partial charge in [-0.25, -0.2) is 8.42 Å². The number of nitrogens with zero attached hydrogens (tertiary/aromatic N) is 2. The third kappa shape index (κ3) is 9.51. The zero-order valence-electron chi connectivity index (χ0n) is 22.0. The highest BCUT2D eigenvalue weighted by atomic mass is 35.5. The van der Waals surface area contributed by atoms with Crippen LogP contribution in [0.1, 0.15) is 57.1 Å². The fourth-order valence-corrected chi connectivity index (χ4v) is 5.35. The zero-order chi connectivity index (χ0) is 27.6. The molecule has 1 atom stereocenters. The molecule has 0 bridgehead atoms. The molecule has 0 saturated heterocycles. The van der Waals surface area contributed by atoms with E-state index in [2.05, 4.69) is 5.32 Å². The van der Waals surface area contributed by atoms with Crippen LogP contribution in [0.25, 0.3) is 0 Å². The predicted molar refractivity (Wildman–Crippen MR) is 152 cm³/mol. The highest BCUT2D eigenvalue weighted by Gasteiger charge is 2.29. The van der Waals surface area contributed by atoms with Gasteiger partial charge in [-0.3, -0.25) is 13.9 Å². The molecule has 2 amide bonds. The molecule has 0 aliphatic carbocycles. The summed E-state index contributed by atoms with van der Waals surface area (Å²) in [6, 6.07) is 11.6. The first-order valence-electron chi connectivity index (χ1n) is 12.5. The van der Waals surface area contributed by atoms with Crippen LogP contribution >= 0.6 is 23.2 Å². The van der Waals surface area contributed by atoms with Crippen molar-refractivity contribution < 1.29 is 18.0 Å². The van der Waals surface area contributed by atoms with E-state index < -0.39 is 16.1 Å². The predicted octanol–water partition coefficient (Wildman–Crippen LogP) is 5.57. The Morgan fingerprint density at radius 1 is 1.00 bits per heavy atom. The average Bonchev–Trinajstić information content (AvgIpc) is 2.84. The van der Waals surface area contributed by atoms with Gasteiger partial charge in [0.1, 0.15) is 6.04 Å². The summed E-state index contributed by atoms with van der Waals surface area (Å²) in [5.74, 6) is -0.408. The van der Waals surface area contributed by atoms with Crippen LogP contribution in [0.5, 0.6) is 0 Å². The van der Waals surface area contributed by atoms with Crippen molar-refractivity contribution in [3.63, 3.8) is 0 Å².